The van der Waals surface area contributed by atoms with E-state index in [4.69, 9.17) is 10.00 Å². The molecule has 0 aliphatic rings. The fourth-order valence-electron chi connectivity index (χ4n) is 2.04. The van der Waals surface area contributed by atoms with Gasteiger partial charge < -0.3 is 4.74 Å². The first-order chi connectivity index (χ1) is 9.15. The molecule has 0 radical (unpaired) electrons. The van der Waals surface area contributed by atoms with Gasteiger partial charge in [0, 0.05) is 6.54 Å². The van der Waals surface area contributed by atoms with Crippen molar-refractivity contribution in [2.45, 2.75) is 33.9 Å². The van der Waals surface area contributed by atoms with E-state index in [9.17, 15) is 0 Å². The lowest BCUT2D eigenvalue weighted by atomic mass is 10.1. The van der Waals surface area contributed by atoms with Gasteiger partial charge in [0.2, 0.25) is 0 Å². The van der Waals surface area contributed by atoms with Crippen molar-refractivity contribution in [3.63, 3.8) is 0 Å². The van der Waals surface area contributed by atoms with Gasteiger partial charge in [0.05, 0.1) is 11.6 Å². The summed E-state index contributed by atoms with van der Waals surface area (Å²) in [6, 6.07) is 5.79. The summed E-state index contributed by atoms with van der Waals surface area (Å²) in [5.41, 5.74) is 2.57. The Morgan fingerprint density at radius 3 is 2.58 bits per heavy atom. The Morgan fingerprint density at radius 1 is 1.32 bits per heavy atom. The van der Waals surface area contributed by atoms with Gasteiger partial charge in [-0.2, -0.15) is 10.4 Å². The molecule has 1 aromatic carbocycles. The second-order valence-corrected chi connectivity index (χ2v) is 4.33. The van der Waals surface area contributed by atoms with Gasteiger partial charge in [0.1, 0.15) is 18.7 Å². The normalized spacial score (nSPS) is 10.2. The second-order valence-electron chi connectivity index (χ2n) is 4.33. The molecule has 19 heavy (non-hydrogen) atoms. The smallest absolute Gasteiger partial charge is 0.164 e. The third-order valence-electron chi connectivity index (χ3n) is 2.93. The third kappa shape index (κ3) is 2.74. The van der Waals surface area contributed by atoms with E-state index in [0.717, 1.165) is 29.2 Å². The van der Waals surface area contributed by atoms with E-state index < -0.39 is 0 Å². The van der Waals surface area contributed by atoms with E-state index in [2.05, 4.69) is 16.2 Å². The highest BCUT2D eigenvalue weighted by molar-refractivity contribution is 5.47. The van der Waals surface area contributed by atoms with E-state index in [-0.39, 0.29) is 0 Å². The number of aromatic nitrogens is 3. The molecule has 0 aliphatic carbocycles. The summed E-state index contributed by atoms with van der Waals surface area (Å²) in [5, 5.41) is 13.0. The molecule has 0 saturated carbocycles. The van der Waals surface area contributed by atoms with Crippen LogP contribution < -0.4 is 4.74 Å². The van der Waals surface area contributed by atoms with E-state index in [1.807, 2.05) is 32.9 Å². The zero-order valence-electron chi connectivity index (χ0n) is 11.3. The minimum atomic E-state index is 0.376. The average Bonchev–Trinajstić information content (AvgIpc) is 2.85. The molecule has 0 N–H and O–H groups in total. The minimum absolute atomic E-state index is 0.376. The highest BCUT2D eigenvalue weighted by Crippen LogP contribution is 2.25. The van der Waals surface area contributed by atoms with Crippen molar-refractivity contribution in [3.05, 3.63) is 41.0 Å². The standard InChI is InChI=1S/C14H16N4O/c1-4-18-13(16-9-17-18)8-19-14-10(2)5-12(7-15)6-11(14)3/h5-6,9H,4,8H2,1-3H3. The highest BCUT2D eigenvalue weighted by Gasteiger charge is 2.09. The van der Waals surface area contributed by atoms with Gasteiger partial charge in [-0.3, -0.25) is 0 Å². The van der Waals surface area contributed by atoms with Gasteiger partial charge in [-0.05, 0) is 44.0 Å². The average molecular weight is 256 g/mol. The van der Waals surface area contributed by atoms with Crippen LogP contribution in [0.4, 0.5) is 0 Å². The van der Waals surface area contributed by atoms with Crippen LogP contribution in [0, 0.1) is 25.2 Å². The molecule has 0 spiro atoms. The summed E-state index contributed by atoms with van der Waals surface area (Å²) in [4.78, 5) is 4.17. The van der Waals surface area contributed by atoms with E-state index >= 15 is 0 Å². The van der Waals surface area contributed by atoms with Crippen molar-refractivity contribution < 1.29 is 4.74 Å². The Morgan fingerprint density at radius 2 is 2.00 bits per heavy atom. The van der Waals surface area contributed by atoms with Gasteiger partial charge in [-0.1, -0.05) is 0 Å². The topological polar surface area (TPSA) is 63.7 Å². The van der Waals surface area contributed by atoms with Crippen molar-refractivity contribution in [2.24, 2.45) is 0 Å². The summed E-state index contributed by atoms with van der Waals surface area (Å²) >= 11 is 0. The lowest BCUT2D eigenvalue weighted by Gasteiger charge is -2.12. The van der Waals surface area contributed by atoms with Crippen LogP contribution in [0.15, 0.2) is 18.5 Å². The molecule has 0 fully saturated rings. The van der Waals surface area contributed by atoms with Crippen LogP contribution >= 0.6 is 0 Å². The number of benzene rings is 1. The van der Waals surface area contributed by atoms with Crippen molar-refractivity contribution in [3.8, 4) is 11.8 Å². The SMILES string of the molecule is CCn1ncnc1COc1c(C)cc(C#N)cc1C. The summed E-state index contributed by atoms with van der Waals surface area (Å²) in [6.07, 6.45) is 1.53. The lowest BCUT2D eigenvalue weighted by Crippen LogP contribution is -2.08. The monoisotopic (exact) mass is 256 g/mol. The van der Waals surface area contributed by atoms with Gasteiger partial charge in [-0.15, -0.1) is 0 Å². The van der Waals surface area contributed by atoms with E-state index in [1.165, 1.54) is 6.33 Å². The number of ether oxygens (including phenoxy) is 1. The maximum absolute atomic E-state index is 8.91. The predicted molar refractivity (Wildman–Crippen MR) is 70.7 cm³/mol. The molecular weight excluding hydrogens is 240 g/mol. The molecule has 0 aliphatic heterocycles. The number of hydrogen-bond acceptors (Lipinski definition) is 4. The van der Waals surface area contributed by atoms with Crippen LogP contribution in [-0.4, -0.2) is 14.8 Å². The van der Waals surface area contributed by atoms with Crippen LogP contribution in [0.5, 0.6) is 5.75 Å². The largest absolute Gasteiger partial charge is 0.485 e. The molecule has 0 atom stereocenters. The first-order valence-corrected chi connectivity index (χ1v) is 6.16. The lowest BCUT2D eigenvalue weighted by molar-refractivity contribution is 0.283. The van der Waals surface area contributed by atoms with Crippen LogP contribution in [-0.2, 0) is 13.2 Å². The fraction of sp³-hybridized carbons (Fsp3) is 0.357. The Balaban J connectivity index is 2.19. The van der Waals surface area contributed by atoms with E-state index in [1.54, 1.807) is 4.68 Å². The summed E-state index contributed by atoms with van der Waals surface area (Å²) in [6.45, 7) is 7.03. The second kappa shape index (κ2) is 5.53. The minimum Gasteiger partial charge on any atom is -0.485 e. The molecule has 1 aromatic heterocycles. The van der Waals surface area contributed by atoms with Crippen LogP contribution in [0.3, 0.4) is 0 Å². The van der Waals surface area contributed by atoms with Crippen LogP contribution in [0.25, 0.3) is 0 Å². The third-order valence-corrected chi connectivity index (χ3v) is 2.93. The number of rotatable bonds is 4. The number of hydrogen-bond donors (Lipinski definition) is 0. The van der Waals surface area contributed by atoms with Gasteiger partial charge in [0.25, 0.3) is 0 Å². The summed E-state index contributed by atoms with van der Waals surface area (Å²) in [5.74, 6) is 1.61. The van der Waals surface area contributed by atoms with Crippen LogP contribution in [0.2, 0.25) is 0 Å². The molecule has 2 rings (SSSR count). The Labute approximate surface area is 112 Å². The summed E-state index contributed by atoms with van der Waals surface area (Å²) < 4.78 is 7.62. The number of nitrogens with zero attached hydrogens (tertiary/aromatic N) is 4. The van der Waals surface area contributed by atoms with Crippen molar-refractivity contribution in [1.82, 2.24) is 14.8 Å². The maximum atomic E-state index is 8.91. The molecule has 2 aromatic rings. The highest BCUT2D eigenvalue weighted by atomic mass is 16.5. The molecule has 1 heterocycles. The van der Waals surface area contributed by atoms with Crippen molar-refractivity contribution >= 4 is 0 Å². The molecule has 0 amide bonds. The first kappa shape index (κ1) is 13.1. The molecule has 0 bridgehead atoms. The zero-order chi connectivity index (χ0) is 13.8. The first-order valence-electron chi connectivity index (χ1n) is 6.16. The number of nitriles is 1. The van der Waals surface area contributed by atoms with Gasteiger partial charge in [0.15, 0.2) is 5.82 Å². The fourth-order valence-corrected chi connectivity index (χ4v) is 2.04. The maximum Gasteiger partial charge on any atom is 0.164 e. The summed E-state index contributed by atoms with van der Waals surface area (Å²) in [7, 11) is 0. The zero-order valence-corrected chi connectivity index (χ0v) is 11.3. The quantitative estimate of drug-likeness (QED) is 0.842. The number of aryl methyl sites for hydroxylation is 3. The molecule has 0 saturated heterocycles. The molecule has 98 valence electrons. The molecule has 5 heteroatoms. The van der Waals surface area contributed by atoms with Gasteiger partial charge in [-0.25, -0.2) is 9.67 Å². The molecule has 0 unspecified atom stereocenters. The van der Waals surface area contributed by atoms with Crippen molar-refractivity contribution in [2.75, 3.05) is 0 Å². The van der Waals surface area contributed by atoms with E-state index in [0.29, 0.717) is 12.2 Å². The Bertz CT molecular complexity index is 602. The van der Waals surface area contributed by atoms with Gasteiger partial charge >= 0.3 is 0 Å². The molecule has 5 nitrogen and oxygen atoms in total. The Hall–Kier alpha value is -2.35. The predicted octanol–water partition coefficient (Wildman–Crippen LogP) is 2.37. The Kier molecular flexibility index (Phi) is 3.81. The van der Waals surface area contributed by atoms with Crippen LogP contribution in [0.1, 0.15) is 29.4 Å². The van der Waals surface area contributed by atoms with Crippen molar-refractivity contribution in [1.29, 1.82) is 5.26 Å². The molecular formula is C14H16N4O.